The number of esters is 3. The SMILES string of the molecule is CC(=O)O[C@@]12CC[C@@H]1C[C@H](O)[C@@]1(C)C(=O)[C@H](C)C3=C(C)[C@@H](OC(=O)[C@H](O)[C@@H](NC(=O)OC(C)(C)C)c4ccccc4)C[C@@](O)([C@@H](OC(=O)c4ccccc4)[C@H]21)C3(C)C. The van der Waals surface area contributed by atoms with Crippen LogP contribution in [0.3, 0.4) is 0 Å². The predicted molar refractivity (Wildman–Crippen MR) is 210 cm³/mol. The molecule has 2 aromatic rings. The molecule has 0 aliphatic heterocycles. The normalized spacial score (nSPS) is 33.7. The molecule has 58 heavy (non-hydrogen) atoms. The smallest absolute Gasteiger partial charge is 0.408 e. The molecule has 11 atom stereocenters. The van der Waals surface area contributed by atoms with Gasteiger partial charge in [0.15, 0.2) is 6.10 Å². The second-order valence-electron chi connectivity index (χ2n) is 18.3. The fraction of sp³-hybridized carbons (Fsp3) is 0.578. The molecule has 0 aromatic heterocycles. The number of carbonyl (C=O) groups is 5. The Morgan fingerprint density at radius 2 is 1.55 bits per heavy atom. The third-order valence-electron chi connectivity index (χ3n) is 13.5. The van der Waals surface area contributed by atoms with Crippen LogP contribution in [-0.2, 0) is 33.3 Å². The van der Waals surface area contributed by atoms with Gasteiger partial charge in [-0.05, 0) is 82.7 Å². The van der Waals surface area contributed by atoms with Gasteiger partial charge in [-0.1, -0.05) is 69.3 Å². The summed E-state index contributed by atoms with van der Waals surface area (Å²) in [5.74, 6) is -5.61. The number of amides is 1. The van der Waals surface area contributed by atoms with Crippen molar-refractivity contribution in [1.82, 2.24) is 5.32 Å². The van der Waals surface area contributed by atoms with Crippen LogP contribution in [0.4, 0.5) is 4.79 Å². The van der Waals surface area contributed by atoms with Gasteiger partial charge >= 0.3 is 24.0 Å². The Labute approximate surface area is 339 Å². The Hall–Kier alpha value is -4.59. The number of ketones is 1. The first-order valence-corrected chi connectivity index (χ1v) is 20.0. The zero-order valence-electron chi connectivity index (χ0n) is 34.7. The number of benzene rings is 2. The summed E-state index contributed by atoms with van der Waals surface area (Å²) in [6.07, 6.45) is -6.35. The molecule has 4 aliphatic rings. The average Bonchev–Trinajstić information content (AvgIpc) is 3.14. The molecule has 4 N–H and O–H groups in total. The summed E-state index contributed by atoms with van der Waals surface area (Å²) in [5, 5.41) is 39.8. The highest BCUT2D eigenvalue weighted by molar-refractivity contribution is 5.92. The summed E-state index contributed by atoms with van der Waals surface area (Å²) < 4.78 is 24.2. The number of carbonyl (C=O) groups excluding carboxylic acids is 5. The number of aliphatic hydroxyl groups is 3. The number of rotatable bonds is 8. The molecule has 1 amide bonds. The molecule has 2 aromatic carbocycles. The monoisotopic (exact) mass is 803 g/mol. The average molecular weight is 804 g/mol. The number of alkyl carbamates (subject to hydrolysis) is 1. The van der Waals surface area contributed by atoms with Crippen molar-refractivity contribution in [2.45, 2.75) is 135 Å². The van der Waals surface area contributed by atoms with E-state index in [1.54, 1.807) is 116 Å². The Kier molecular flexibility index (Phi) is 11.3. The molecule has 4 aliphatic carbocycles. The highest BCUT2D eigenvalue weighted by atomic mass is 16.6. The van der Waals surface area contributed by atoms with Gasteiger partial charge in [-0.3, -0.25) is 9.59 Å². The lowest BCUT2D eigenvalue weighted by Gasteiger charge is -2.68. The van der Waals surface area contributed by atoms with Crippen molar-refractivity contribution in [3.05, 3.63) is 82.9 Å². The molecule has 0 unspecified atom stereocenters. The lowest BCUT2D eigenvalue weighted by molar-refractivity contribution is -0.295. The number of hydrogen-bond donors (Lipinski definition) is 4. The Morgan fingerprint density at radius 1 is 0.948 bits per heavy atom. The minimum atomic E-state index is -2.14. The van der Waals surface area contributed by atoms with Crippen molar-refractivity contribution in [2.24, 2.45) is 28.6 Å². The van der Waals surface area contributed by atoms with E-state index in [0.717, 1.165) is 0 Å². The van der Waals surface area contributed by atoms with Crippen molar-refractivity contribution in [3.63, 3.8) is 0 Å². The van der Waals surface area contributed by atoms with Gasteiger partial charge in [0.25, 0.3) is 0 Å². The minimum absolute atomic E-state index is 0.149. The number of hydrogen-bond acceptors (Lipinski definition) is 12. The molecule has 6 rings (SSSR count). The van der Waals surface area contributed by atoms with Crippen molar-refractivity contribution in [2.75, 3.05) is 0 Å². The molecule has 0 radical (unpaired) electrons. The molecule has 0 spiro atoms. The summed E-state index contributed by atoms with van der Waals surface area (Å²) in [6.45, 7) is 14.7. The quantitative estimate of drug-likeness (QED) is 0.148. The van der Waals surface area contributed by atoms with E-state index >= 15 is 4.79 Å². The molecular weight excluding hydrogens is 746 g/mol. The van der Waals surface area contributed by atoms with Crippen LogP contribution in [0, 0.1) is 28.6 Å². The topological polar surface area (TPSA) is 195 Å². The Bertz CT molecular complexity index is 1970. The van der Waals surface area contributed by atoms with E-state index in [0.29, 0.717) is 29.6 Å². The lowest BCUT2D eigenvalue weighted by Crippen LogP contribution is -2.78. The Morgan fingerprint density at radius 3 is 2.10 bits per heavy atom. The standard InChI is InChI=1S/C45H57NO12/c1-24-30(55-39(52)34(49)33(27-16-12-10-13-17-27)46-40(53)58-41(4,5)6)23-45(54)37(56-38(51)28-18-14-11-15-19-28)35-43(9,36(50)25(2)32(24)42(45,7)8)31(48)22-29-20-21-44(29,35)57-26(3)47/h10-19,25,29-31,33-35,37,48-49,54H,20-23H2,1-9H3,(H,46,53)/t25-,29-,30+,31+,33+,34-,35+,37+,43-,44+,45-/m1/s1. The molecule has 13 heteroatoms. The van der Waals surface area contributed by atoms with Gasteiger partial charge < -0.3 is 39.6 Å². The van der Waals surface area contributed by atoms with E-state index in [1.165, 1.54) is 6.92 Å². The predicted octanol–water partition coefficient (Wildman–Crippen LogP) is 5.55. The van der Waals surface area contributed by atoms with Crippen LogP contribution < -0.4 is 5.32 Å². The number of aliphatic hydroxyl groups excluding tert-OH is 2. The third kappa shape index (κ3) is 7.12. The van der Waals surface area contributed by atoms with E-state index in [1.807, 2.05) is 0 Å². The maximum Gasteiger partial charge on any atom is 0.408 e. The first kappa shape index (κ1) is 43.0. The highest BCUT2D eigenvalue weighted by Crippen LogP contribution is 2.67. The fourth-order valence-electron chi connectivity index (χ4n) is 10.6. The first-order valence-electron chi connectivity index (χ1n) is 20.0. The first-order chi connectivity index (χ1) is 27.0. The van der Waals surface area contributed by atoms with E-state index in [-0.39, 0.29) is 18.4 Å². The number of Topliss-reactive ketones (excluding diaryl/α,β-unsaturated/α-hetero) is 1. The molecule has 0 saturated heterocycles. The summed E-state index contributed by atoms with van der Waals surface area (Å²) in [7, 11) is 0. The van der Waals surface area contributed by atoms with Crippen molar-refractivity contribution >= 4 is 29.8 Å². The van der Waals surface area contributed by atoms with Gasteiger partial charge in [-0.15, -0.1) is 0 Å². The van der Waals surface area contributed by atoms with Gasteiger partial charge in [-0.2, -0.15) is 0 Å². The molecule has 2 bridgehead atoms. The maximum absolute atomic E-state index is 15.2. The van der Waals surface area contributed by atoms with E-state index in [2.05, 4.69) is 5.32 Å². The van der Waals surface area contributed by atoms with Crippen molar-refractivity contribution in [1.29, 1.82) is 0 Å². The zero-order chi connectivity index (χ0) is 42.7. The zero-order valence-corrected chi connectivity index (χ0v) is 34.7. The van der Waals surface area contributed by atoms with E-state index < -0.39 is 106 Å². The van der Waals surface area contributed by atoms with Crippen molar-refractivity contribution < 1.29 is 58.2 Å². The molecule has 0 heterocycles. The van der Waals surface area contributed by atoms with Crippen LogP contribution in [0.25, 0.3) is 0 Å². The minimum Gasteiger partial charge on any atom is -0.458 e. The van der Waals surface area contributed by atoms with Crippen LogP contribution in [-0.4, -0.2) is 86.3 Å². The van der Waals surface area contributed by atoms with Crippen LogP contribution >= 0.6 is 0 Å². The second kappa shape index (κ2) is 15.2. The third-order valence-corrected chi connectivity index (χ3v) is 13.5. The van der Waals surface area contributed by atoms with Crippen LogP contribution in [0.15, 0.2) is 71.8 Å². The Balaban J connectivity index is 1.49. The van der Waals surface area contributed by atoms with Gasteiger partial charge in [0, 0.05) is 30.6 Å². The van der Waals surface area contributed by atoms with Gasteiger partial charge in [0.1, 0.15) is 34.8 Å². The summed E-state index contributed by atoms with van der Waals surface area (Å²) in [5.41, 5.74) is -6.05. The highest BCUT2D eigenvalue weighted by Gasteiger charge is 2.76. The summed E-state index contributed by atoms with van der Waals surface area (Å²) in [4.78, 5) is 69.5. The fourth-order valence-corrected chi connectivity index (χ4v) is 10.6. The molecule has 13 nitrogen and oxygen atoms in total. The number of nitrogens with one attached hydrogen (secondary N) is 1. The molecule has 3 saturated carbocycles. The van der Waals surface area contributed by atoms with Gasteiger partial charge in [0.2, 0.25) is 0 Å². The summed E-state index contributed by atoms with van der Waals surface area (Å²) >= 11 is 0. The van der Waals surface area contributed by atoms with Gasteiger partial charge in [-0.25, -0.2) is 14.4 Å². The largest absolute Gasteiger partial charge is 0.458 e. The maximum atomic E-state index is 15.2. The molecule has 3 fully saturated rings. The number of fused-ring (bicyclic) bond motifs is 5. The van der Waals surface area contributed by atoms with E-state index in [9.17, 15) is 34.5 Å². The molecular formula is C45H57NO12. The number of ether oxygens (including phenoxy) is 4. The molecule has 314 valence electrons. The van der Waals surface area contributed by atoms with Gasteiger partial charge in [0.05, 0.1) is 29.0 Å². The van der Waals surface area contributed by atoms with Crippen LogP contribution in [0.1, 0.15) is 110 Å². The lowest BCUT2D eigenvalue weighted by atomic mass is 9.40. The van der Waals surface area contributed by atoms with E-state index in [4.69, 9.17) is 18.9 Å². The second-order valence-corrected chi connectivity index (χ2v) is 18.3. The van der Waals surface area contributed by atoms with Crippen LogP contribution in [0.5, 0.6) is 0 Å². The summed E-state index contributed by atoms with van der Waals surface area (Å²) in [6, 6.07) is 15.2. The van der Waals surface area contributed by atoms with Crippen molar-refractivity contribution in [3.8, 4) is 0 Å². The van der Waals surface area contributed by atoms with Crippen LogP contribution in [0.2, 0.25) is 0 Å².